The minimum atomic E-state index is -5.08. The van der Waals surface area contributed by atoms with Crippen molar-refractivity contribution in [3.63, 3.8) is 0 Å². The molecule has 0 aromatic carbocycles. The molecule has 4 aliphatic carbocycles. The first-order chi connectivity index (χ1) is 14.9. The molecular formula is C23H35F3N2O4. The third-order valence-corrected chi connectivity index (χ3v) is 8.24. The molecule has 0 radical (unpaired) electrons. The zero-order valence-corrected chi connectivity index (χ0v) is 19.0. The number of rotatable bonds is 3. The van der Waals surface area contributed by atoms with Crippen molar-refractivity contribution in [1.82, 2.24) is 9.80 Å². The third kappa shape index (κ3) is 4.79. The quantitative estimate of drug-likeness (QED) is 0.699. The Hall–Kier alpha value is -1.35. The van der Waals surface area contributed by atoms with Crippen molar-refractivity contribution < 1.29 is 32.6 Å². The summed E-state index contributed by atoms with van der Waals surface area (Å²) in [5, 5.41) is 7.12. The number of amides is 1. The van der Waals surface area contributed by atoms with Crippen LogP contribution in [0.1, 0.15) is 51.4 Å². The van der Waals surface area contributed by atoms with E-state index in [1.807, 2.05) is 0 Å². The Bertz CT molecular complexity index is 688. The van der Waals surface area contributed by atoms with E-state index in [9.17, 15) is 18.0 Å². The Morgan fingerprint density at radius 2 is 1.56 bits per heavy atom. The summed E-state index contributed by atoms with van der Waals surface area (Å²) >= 11 is 0. The van der Waals surface area contributed by atoms with Crippen LogP contribution in [-0.2, 0) is 14.3 Å². The molecule has 2 aliphatic heterocycles. The van der Waals surface area contributed by atoms with Crippen molar-refractivity contribution in [3.8, 4) is 0 Å². The molecule has 6 nitrogen and oxygen atoms in total. The third-order valence-electron chi connectivity index (χ3n) is 8.24. The maximum absolute atomic E-state index is 13.4. The van der Waals surface area contributed by atoms with Gasteiger partial charge in [0.05, 0.1) is 25.1 Å². The molecule has 6 rings (SSSR count). The van der Waals surface area contributed by atoms with Gasteiger partial charge in [-0.15, -0.1) is 0 Å². The average molecular weight is 461 g/mol. The Labute approximate surface area is 187 Å². The molecule has 1 amide bonds. The highest BCUT2D eigenvalue weighted by Gasteiger charge is 2.58. The van der Waals surface area contributed by atoms with E-state index < -0.39 is 12.1 Å². The minimum absolute atomic E-state index is 0.000761. The van der Waals surface area contributed by atoms with Gasteiger partial charge < -0.3 is 19.6 Å². The predicted octanol–water partition coefficient (Wildman–Crippen LogP) is 3.41. The Balaban J connectivity index is 0.000000307. The minimum Gasteiger partial charge on any atom is -0.475 e. The van der Waals surface area contributed by atoms with E-state index in [1.54, 1.807) is 0 Å². The lowest BCUT2D eigenvalue weighted by atomic mass is 9.49. The van der Waals surface area contributed by atoms with E-state index in [4.69, 9.17) is 14.6 Å². The van der Waals surface area contributed by atoms with Gasteiger partial charge in [0.1, 0.15) is 5.60 Å². The molecule has 2 heterocycles. The molecule has 4 bridgehead atoms. The second-order valence-electron chi connectivity index (χ2n) is 11.3. The highest BCUT2D eigenvalue weighted by atomic mass is 19.4. The van der Waals surface area contributed by atoms with Crippen molar-refractivity contribution in [3.05, 3.63) is 0 Å². The van der Waals surface area contributed by atoms with Crippen molar-refractivity contribution >= 4 is 11.9 Å². The fourth-order valence-electron chi connectivity index (χ4n) is 7.33. The number of halogens is 3. The van der Waals surface area contributed by atoms with Crippen LogP contribution in [-0.4, -0.2) is 78.9 Å². The molecule has 4 saturated carbocycles. The fraction of sp³-hybridized carbons (Fsp3) is 0.913. The molecule has 32 heavy (non-hydrogen) atoms. The number of nitrogens with zero attached hydrogens (tertiary/aromatic N) is 2. The summed E-state index contributed by atoms with van der Waals surface area (Å²) in [5.41, 5.74) is 0.0270. The van der Waals surface area contributed by atoms with Crippen molar-refractivity contribution in [1.29, 1.82) is 0 Å². The summed E-state index contributed by atoms with van der Waals surface area (Å²) in [6, 6.07) is 0. The summed E-state index contributed by atoms with van der Waals surface area (Å²) in [4.78, 5) is 26.7. The normalized spacial score (nSPS) is 37.1. The molecule has 182 valence electrons. The zero-order valence-electron chi connectivity index (χ0n) is 19.0. The van der Waals surface area contributed by atoms with Crippen LogP contribution in [0.4, 0.5) is 13.2 Å². The van der Waals surface area contributed by atoms with Gasteiger partial charge in [0.2, 0.25) is 5.91 Å². The molecule has 6 aliphatic rings. The summed E-state index contributed by atoms with van der Waals surface area (Å²) in [6.45, 7) is 3.72. The number of hydrogen-bond acceptors (Lipinski definition) is 4. The highest BCUT2D eigenvalue weighted by molar-refractivity contribution is 5.84. The van der Waals surface area contributed by atoms with E-state index >= 15 is 0 Å². The van der Waals surface area contributed by atoms with E-state index in [1.165, 1.54) is 44.9 Å². The second-order valence-corrected chi connectivity index (χ2v) is 11.3. The van der Waals surface area contributed by atoms with Gasteiger partial charge in [-0.2, -0.15) is 13.2 Å². The maximum Gasteiger partial charge on any atom is 0.490 e. The smallest absolute Gasteiger partial charge is 0.475 e. The first-order valence-electron chi connectivity index (χ1n) is 11.8. The van der Waals surface area contributed by atoms with E-state index in [-0.39, 0.29) is 11.0 Å². The first kappa shape index (κ1) is 23.8. The van der Waals surface area contributed by atoms with Crippen LogP contribution in [0.25, 0.3) is 0 Å². The standard InChI is InChI=1S/C21H34N2O2.C2HF3O2/c1-22(2)11-15-3-4-21(25-12-15)13-23(14-21)19(24)20-8-16-5-17(9-20)7-18(6-16)10-20;3-2(4,5)1(6)7/h15-18H,3-14H2,1-2H3;(H,6,7). The van der Waals surface area contributed by atoms with Crippen LogP contribution in [0, 0.1) is 29.1 Å². The zero-order chi connectivity index (χ0) is 23.3. The maximum atomic E-state index is 13.4. The Morgan fingerprint density at radius 1 is 1.06 bits per heavy atom. The number of likely N-dealkylation sites (tertiary alicyclic amines) is 1. The molecule has 0 aromatic heterocycles. The van der Waals surface area contributed by atoms with Gasteiger partial charge in [0, 0.05) is 6.54 Å². The van der Waals surface area contributed by atoms with Crippen LogP contribution < -0.4 is 0 Å². The largest absolute Gasteiger partial charge is 0.490 e. The topological polar surface area (TPSA) is 70.1 Å². The molecule has 1 atom stereocenters. The molecule has 6 fully saturated rings. The van der Waals surface area contributed by atoms with E-state index in [0.29, 0.717) is 11.8 Å². The molecule has 0 aromatic rings. The number of carbonyl (C=O) groups is 2. The van der Waals surface area contributed by atoms with Gasteiger partial charge in [-0.1, -0.05) is 0 Å². The number of carbonyl (C=O) groups excluding carboxylic acids is 1. The van der Waals surface area contributed by atoms with Gasteiger partial charge >= 0.3 is 12.1 Å². The van der Waals surface area contributed by atoms with Crippen LogP contribution in [0.2, 0.25) is 0 Å². The highest BCUT2D eigenvalue weighted by Crippen LogP contribution is 2.61. The van der Waals surface area contributed by atoms with Crippen molar-refractivity contribution in [2.45, 2.75) is 63.1 Å². The first-order valence-corrected chi connectivity index (χ1v) is 11.8. The molecule has 1 unspecified atom stereocenters. The van der Waals surface area contributed by atoms with Gasteiger partial charge in [-0.05, 0) is 89.1 Å². The van der Waals surface area contributed by atoms with E-state index in [0.717, 1.165) is 50.4 Å². The van der Waals surface area contributed by atoms with Crippen LogP contribution in [0.5, 0.6) is 0 Å². The SMILES string of the molecule is CN(C)CC1CCC2(CN(C(=O)C34CC5CC(CC(C5)C3)C4)C2)OC1.O=C(O)C(F)(F)F. The molecular weight excluding hydrogens is 425 g/mol. The van der Waals surface area contributed by atoms with Crippen molar-refractivity contribution in [2.24, 2.45) is 29.1 Å². The summed E-state index contributed by atoms with van der Waals surface area (Å²) in [6.07, 6.45) is 5.09. The Morgan fingerprint density at radius 3 is 1.94 bits per heavy atom. The Kier molecular flexibility index (Phi) is 6.29. The number of aliphatic carboxylic acids is 1. The fourth-order valence-corrected chi connectivity index (χ4v) is 7.33. The van der Waals surface area contributed by atoms with Gasteiger partial charge in [-0.25, -0.2) is 4.79 Å². The second kappa shape index (κ2) is 8.46. The summed E-state index contributed by atoms with van der Waals surface area (Å²) in [5.74, 6) is 0.951. The van der Waals surface area contributed by atoms with E-state index in [2.05, 4.69) is 23.9 Å². The van der Waals surface area contributed by atoms with Crippen LogP contribution in [0.3, 0.4) is 0 Å². The molecule has 1 N–H and O–H groups in total. The number of alkyl halides is 3. The summed E-state index contributed by atoms with van der Waals surface area (Å²) in [7, 11) is 4.28. The monoisotopic (exact) mass is 460 g/mol. The number of hydrogen-bond donors (Lipinski definition) is 1. The average Bonchev–Trinajstić information content (AvgIpc) is 2.64. The predicted molar refractivity (Wildman–Crippen MR) is 111 cm³/mol. The van der Waals surface area contributed by atoms with Gasteiger partial charge in [0.25, 0.3) is 0 Å². The molecule has 1 spiro atoms. The lowest BCUT2D eigenvalue weighted by Crippen LogP contribution is -2.69. The van der Waals surface area contributed by atoms with Gasteiger partial charge in [-0.3, -0.25) is 4.79 Å². The molecule has 9 heteroatoms. The lowest BCUT2D eigenvalue weighted by Gasteiger charge is -2.60. The van der Waals surface area contributed by atoms with Gasteiger partial charge in [0.15, 0.2) is 0 Å². The molecule has 2 saturated heterocycles. The number of ether oxygens (including phenoxy) is 1. The van der Waals surface area contributed by atoms with Crippen molar-refractivity contribution in [2.75, 3.05) is 40.3 Å². The lowest BCUT2D eigenvalue weighted by molar-refractivity contribution is -0.203. The number of carboxylic acid groups (broad SMARTS) is 1. The van der Waals surface area contributed by atoms with Crippen LogP contribution in [0.15, 0.2) is 0 Å². The van der Waals surface area contributed by atoms with Crippen LogP contribution >= 0.6 is 0 Å². The number of carboxylic acids is 1. The summed E-state index contributed by atoms with van der Waals surface area (Å²) < 4.78 is 38.0.